The minimum absolute atomic E-state index is 0.181. The highest BCUT2D eigenvalue weighted by atomic mass is 16.5. The molecule has 0 radical (unpaired) electrons. The van der Waals surface area contributed by atoms with Crippen LogP contribution in [0, 0.1) is 0 Å². The lowest BCUT2D eigenvalue weighted by molar-refractivity contribution is -0.116. The Labute approximate surface area is 130 Å². The van der Waals surface area contributed by atoms with Crippen molar-refractivity contribution in [1.29, 1.82) is 0 Å². The predicted octanol–water partition coefficient (Wildman–Crippen LogP) is 3.25. The highest BCUT2D eigenvalue weighted by molar-refractivity contribution is 5.43. The number of hydroxylamine groups is 1. The average molecular weight is 299 g/mol. The van der Waals surface area contributed by atoms with E-state index in [4.69, 9.17) is 10.0 Å². The highest BCUT2D eigenvalue weighted by Crippen LogP contribution is 2.39. The molecule has 22 heavy (non-hydrogen) atoms. The second-order valence-corrected chi connectivity index (χ2v) is 4.48. The van der Waals surface area contributed by atoms with Crippen molar-refractivity contribution in [3.8, 4) is 0 Å². The van der Waals surface area contributed by atoms with Gasteiger partial charge >= 0.3 is 0 Å². The number of allylic oxidation sites excluding steroid dienone is 4. The third-order valence-corrected chi connectivity index (χ3v) is 2.89. The van der Waals surface area contributed by atoms with Crippen molar-refractivity contribution < 1.29 is 10.0 Å². The average Bonchev–Trinajstić information content (AvgIpc) is 3.29. The number of nitrogens with zero attached hydrogens (tertiary/aromatic N) is 2. The number of carbonyl (C=O) groups is 1. The van der Waals surface area contributed by atoms with Crippen molar-refractivity contribution in [2.75, 3.05) is 0 Å². The van der Waals surface area contributed by atoms with Gasteiger partial charge in [0.05, 0.1) is 0 Å². The molecule has 2 heterocycles. The lowest BCUT2D eigenvalue weighted by Gasteiger charge is -2.01. The quantitative estimate of drug-likeness (QED) is 0.394. The molecule has 0 unspecified atom stereocenters. The minimum Gasteiger partial charge on any atom is -0.305 e. The number of aromatic nitrogens is 2. The molecule has 0 aromatic carbocycles. The number of fused-ring (bicyclic) bond motifs is 1. The largest absolute Gasteiger partial charge is 0.305 e. The summed E-state index contributed by atoms with van der Waals surface area (Å²) in [7, 11) is 0. The molecule has 116 valence electrons. The topological polar surface area (TPSA) is 66.6 Å². The van der Waals surface area contributed by atoms with Gasteiger partial charge in [-0.25, -0.2) is 10.5 Å². The third kappa shape index (κ3) is 5.76. The Morgan fingerprint density at radius 3 is 2.41 bits per heavy atom. The van der Waals surface area contributed by atoms with Gasteiger partial charge in [-0.1, -0.05) is 37.5 Å². The van der Waals surface area contributed by atoms with Crippen LogP contribution in [0.2, 0.25) is 0 Å². The Morgan fingerprint density at radius 2 is 1.91 bits per heavy atom. The second-order valence-electron chi connectivity index (χ2n) is 4.48. The molecular formula is C17H21N3O2. The number of nitrogens with one attached hydrogen (secondary N) is 1. The van der Waals surface area contributed by atoms with Gasteiger partial charge < -0.3 is 4.40 Å². The lowest BCUT2D eigenvalue weighted by atomic mass is 10.3. The second kappa shape index (κ2) is 10.1. The van der Waals surface area contributed by atoms with E-state index in [0.717, 1.165) is 11.6 Å². The summed E-state index contributed by atoms with van der Waals surface area (Å²) in [4.78, 5) is 13.1. The zero-order valence-corrected chi connectivity index (χ0v) is 12.4. The van der Waals surface area contributed by atoms with Gasteiger partial charge in [0.15, 0.2) is 0 Å². The van der Waals surface area contributed by atoms with Crippen molar-refractivity contribution in [3.63, 3.8) is 0 Å². The highest BCUT2D eigenvalue weighted by Gasteiger charge is 2.25. The fourth-order valence-electron chi connectivity index (χ4n) is 1.83. The molecule has 1 aliphatic rings. The first-order chi connectivity index (χ1) is 10.8. The van der Waals surface area contributed by atoms with Gasteiger partial charge in [-0.15, -0.1) is 0 Å². The first-order valence-electron chi connectivity index (χ1n) is 6.93. The van der Waals surface area contributed by atoms with Crippen LogP contribution in [0.15, 0.2) is 68.1 Å². The lowest BCUT2D eigenvalue weighted by Crippen LogP contribution is -1.99. The van der Waals surface area contributed by atoms with Crippen LogP contribution >= 0.6 is 0 Å². The maximum Gasteiger partial charge on any atom is 0.230 e. The van der Waals surface area contributed by atoms with Crippen LogP contribution in [0.25, 0.3) is 5.65 Å². The molecule has 0 spiro atoms. The molecule has 0 aliphatic heterocycles. The minimum atomic E-state index is 0.181. The summed E-state index contributed by atoms with van der Waals surface area (Å²) >= 11 is 0. The van der Waals surface area contributed by atoms with E-state index >= 15 is 0 Å². The fraction of sp³-hybridized carbons (Fsp3) is 0.176. The summed E-state index contributed by atoms with van der Waals surface area (Å²) in [6, 6.07) is 6.23. The maximum absolute atomic E-state index is 8.81. The third-order valence-electron chi connectivity index (χ3n) is 2.89. The normalized spacial score (nSPS) is 12.6. The summed E-state index contributed by atoms with van der Waals surface area (Å²) in [5.41, 5.74) is 3.74. The van der Waals surface area contributed by atoms with E-state index in [-0.39, 0.29) is 6.41 Å². The molecule has 5 nitrogen and oxygen atoms in total. The SMILES string of the molecule is C=C/C=C\C=C.O=CNO.c1cc2nccc(C3CC3)n2c1. The summed E-state index contributed by atoms with van der Waals surface area (Å²) in [5, 5.41) is 7.26. The van der Waals surface area contributed by atoms with E-state index in [2.05, 4.69) is 34.8 Å². The van der Waals surface area contributed by atoms with Crippen molar-refractivity contribution in [2.24, 2.45) is 0 Å². The molecule has 1 fully saturated rings. The van der Waals surface area contributed by atoms with E-state index in [9.17, 15) is 0 Å². The predicted molar refractivity (Wildman–Crippen MR) is 87.7 cm³/mol. The summed E-state index contributed by atoms with van der Waals surface area (Å²) < 4.78 is 2.19. The number of rotatable bonds is 4. The standard InChI is InChI=1S/C10H10N2.C6H8.CH3NO2/c1-2-10-11-6-5-9(8-3-4-8)12(10)7-1;1-3-5-6-4-2;3-1-2-4/h1-2,5-8H,3-4H2;3-6H,1-2H2;1,4H,(H,2,3)/b;6-5-;. The number of hydrogen-bond acceptors (Lipinski definition) is 3. The molecule has 0 bridgehead atoms. The Hall–Kier alpha value is -2.66. The van der Waals surface area contributed by atoms with Crippen LogP contribution in [0.3, 0.4) is 0 Å². The van der Waals surface area contributed by atoms with Gasteiger partial charge in [-0.2, -0.15) is 0 Å². The van der Waals surface area contributed by atoms with Gasteiger partial charge in [-0.05, 0) is 37.0 Å². The smallest absolute Gasteiger partial charge is 0.230 e. The van der Waals surface area contributed by atoms with Gasteiger partial charge in [0.1, 0.15) is 5.65 Å². The van der Waals surface area contributed by atoms with Crippen molar-refractivity contribution in [1.82, 2.24) is 14.9 Å². The Balaban J connectivity index is 0.000000207. The molecule has 1 saturated carbocycles. The number of carbonyl (C=O) groups excluding carboxylic acids is 1. The first kappa shape index (κ1) is 17.4. The van der Waals surface area contributed by atoms with Gasteiger partial charge in [0.2, 0.25) is 6.41 Å². The van der Waals surface area contributed by atoms with Crippen molar-refractivity contribution in [2.45, 2.75) is 18.8 Å². The van der Waals surface area contributed by atoms with Crippen LogP contribution in [0.1, 0.15) is 24.5 Å². The van der Waals surface area contributed by atoms with E-state index < -0.39 is 0 Å². The Kier molecular flexibility index (Phi) is 8.00. The summed E-state index contributed by atoms with van der Waals surface area (Å²) in [6.07, 6.45) is 13.9. The van der Waals surface area contributed by atoms with Crippen LogP contribution in [0.4, 0.5) is 0 Å². The van der Waals surface area contributed by atoms with E-state index in [1.165, 1.54) is 24.0 Å². The van der Waals surface area contributed by atoms with E-state index in [0.29, 0.717) is 0 Å². The molecule has 2 N–H and O–H groups in total. The monoisotopic (exact) mass is 299 g/mol. The Bertz CT molecular complexity index is 618. The van der Waals surface area contributed by atoms with Crippen molar-refractivity contribution >= 4 is 12.1 Å². The van der Waals surface area contributed by atoms with Crippen LogP contribution in [0.5, 0.6) is 0 Å². The molecule has 2 aromatic heterocycles. The molecule has 2 aromatic rings. The molecule has 1 amide bonds. The number of amides is 1. The van der Waals surface area contributed by atoms with E-state index in [1.54, 1.807) is 12.2 Å². The first-order valence-corrected chi connectivity index (χ1v) is 6.93. The summed E-state index contributed by atoms with van der Waals surface area (Å²) in [6.45, 7) is 6.93. The Morgan fingerprint density at radius 1 is 1.27 bits per heavy atom. The molecule has 0 atom stereocenters. The van der Waals surface area contributed by atoms with Gasteiger partial charge in [0.25, 0.3) is 0 Å². The molecule has 1 aliphatic carbocycles. The van der Waals surface area contributed by atoms with Gasteiger partial charge in [0, 0.05) is 18.1 Å². The van der Waals surface area contributed by atoms with E-state index in [1.807, 2.05) is 30.5 Å². The molecule has 5 heteroatoms. The fourth-order valence-corrected chi connectivity index (χ4v) is 1.83. The molecule has 3 rings (SSSR count). The zero-order chi connectivity index (χ0) is 16.2. The van der Waals surface area contributed by atoms with Crippen LogP contribution < -0.4 is 5.48 Å². The molecular weight excluding hydrogens is 278 g/mol. The van der Waals surface area contributed by atoms with Gasteiger partial charge in [-0.3, -0.25) is 10.0 Å². The summed E-state index contributed by atoms with van der Waals surface area (Å²) in [5.74, 6) is 0.794. The zero-order valence-electron chi connectivity index (χ0n) is 12.4. The number of hydrogen-bond donors (Lipinski definition) is 2. The van der Waals surface area contributed by atoms with Crippen LogP contribution in [-0.2, 0) is 4.79 Å². The molecule has 0 saturated heterocycles. The van der Waals surface area contributed by atoms with Crippen molar-refractivity contribution in [3.05, 3.63) is 73.7 Å². The maximum atomic E-state index is 8.81. The van der Waals surface area contributed by atoms with Crippen LogP contribution in [-0.4, -0.2) is 21.0 Å².